The number of halogens is 1. The molecule has 4 rings (SSSR count). The molecule has 0 N–H and O–H groups in total. The van der Waals surface area contributed by atoms with Crippen LogP contribution in [0, 0.1) is 5.82 Å². The first-order valence-electron chi connectivity index (χ1n) is 9.73. The van der Waals surface area contributed by atoms with Gasteiger partial charge in [0, 0.05) is 37.9 Å². The second-order valence-electron chi connectivity index (χ2n) is 6.88. The minimum atomic E-state index is -0.250. The van der Waals surface area contributed by atoms with Crippen molar-refractivity contribution in [2.75, 3.05) is 39.1 Å². The number of thioether (sulfide) groups is 1. The van der Waals surface area contributed by atoms with Gasteiger partial charge in [-0.3, -0.25) is 4.90 Å². The van der Waals surface area contributed by atoms with Gasteiger partial charge in [-0.1, -0.05) is 11.8 Å². The van der Waals surface area contributed by atoms with Gasteiger partial charge in [0.1, 0.15) is 11.5 Å². The number of nitrogens with zero attached hydrogens (tertiary/aromatic N) is 5. The molecule has 1 aliphatic heterocycles. The Morgan fingerprint density at radius 3 is 2.62 bits per heavy atom. The van der Waals surface area contributed by atoms with Crippen molar-refractivity contribution in [1.29, 1.82) is 0 Å². The summed E-state index contributed by atoms with van der Waals surface area (Å²) in [5.41, 5.74) is 3.45. The van der Waals surface area contributed by atoms with E-state index in [-0.39, 0.29) is 5.82 Å². The second kappa shape index (κ2) is 9.47. The maximum atomic E-state index is 13.5. The van der Waals surface area contributed by atoms with Crippen molar-refractivity contribution >= 4 is 11.8 Å². The molecule has 1 aliphatic rings. The van der Waals surface area contributed by atoms with Gasteiger partial charge in [0.25, 0.3) is 0 Å². The van der Waals surface area contributed by atoms with Gasteiger partial charge in [-0.05, 0) is 43.0 Å². The van der Waals surface area contributed by atoms with Gasteiger partial charge in [0.2, 0.25) is 0 Å². The van der Waals surface area contributed by atoms with Gasteiger partial charge in [-0.25, -0.2) is 19.3 Å². The number of aromatic nitrogens is 4. The standard InChI is InChI=1S/C21H24FN5OS/c1-29-21-23-8-7-18(25-21)19-20(16-3-5-17(22)6-4-16)27(15-24-19)10-2-9-26-11-13-28-14-12-26/h3-8,15H,2,9-14H2,1H3. The van der Waals surface area contributed by atoms with Crippen molar-refractivity contribution in [3.8, 4) is 22.6 Å². The third kappa shape index (κ3) is 4.83. The normalized spacial score (nSPS) is 15.0. The first-order valence-corrected chi connectivity index (χ1v) is 11.0. The highest BCUT2D eigenvalue weighted by atomic mass is 32.2. The molecule has 0 atom stereocenters. The molecule has 0 saturated carbocycles. The Morgan fingerprint density at radius 1 is 1.07 bits per heavy atom. The smallest absolute Gasteiger partial charge is 0.187 e. The summed E-state index contributed by atoms with van der Waals surface area (Å²) in [6, 6.07) is 8.43. The summed E-state index contributed by atoms with van der Waals surface area (Å²) < 4.78 is 21.1. The Balaban J connectivity index is 1.62. The minimum Gasteiger partial charge on any atom is -0.379 e. The Labute approximate surface area is 174 Å². The molecular formula is C21H24FN5OS. The molecule has 152 valence electrons. The Kier molecular flexibility index (Phi) is 6.53. The quantitative estimate of drug-likeness (QED) is 0.436. The zero-order valence-corrected chi connectivity index (χ0v) is 17.2. The number of benzene rings is 1. The molecule has 0 amide bonds. The number of morpholine rings is 1. The summed E-state index contributed by atoms with van der Waals surface area (Å²) in [6.07, 6.45) is 6.56. The monoisotopic (exact) mass is 413 g/mol. The van der Waals surface area contributed by atoms with Gasteiger partial charge < -0.3 is 9.30 Å². The van der Waals surface area contributed by atoms with E-state index in [4.69, 9.17) is 4.74 Å². The Bertz CT molecular complexity index is 940. The molecule has 1 aromatic carbocycles. The first-order chi connectivity index (χ1) is 14.2. The van der Waals surface area contributed by atoms with Crippen molar-refractivity contribution in [3.63, 3.8) is 0 Å². The van der Waals surface area contributed by atoms with Crippen LogP contribution < -0.4 is 0 Å². The largest absolute Gasteiger partial charge is 0.379 e. The highest BCUT2D eigenvalue weighted by Crippen LogP contribution is 2.31. The SMILES string of the molecule is CSc1nccc(-c2ncn(CCCN3CCOCC3)c2-c2ccc(F)cc2)n1. The summed E-state index contributed by atoms with van der Waals surface area (Å²) in [7, 11) is 0. The van der Waals surface area contributed by atoms with Crippen LogP contribution in [0.25, 0.3) is 22.6 Å². The maximum Gasteiger partial charge on any atom is 0.187 e. The minimum absolute atomic E-state index is 0.250. The number of hydrogen-bond acceptors (Lipinski definition) is 6. The van der Waals surface area contributed by atoms with Crippen LogP contribution in [0.3, 0.4) is 0 Å². The van der Waals surface area contributed by atoms with Crippen LogP contribution in [-0.4, -0.2) is 63.5 Å². The van der Waals surface area contributed by atoms with E-state index in [2.05, 4.69) is 24.4 Å². The molecule has 1 saturated heterocycles. The van der Waals surface area contributed by atoms with Gasteiger partial charge in [-0.15, -0.1) is 0 Å². The summed E-state index contributed by atoms with van der Waals surface area (Å²) in [6.45, 7) is 5.43. The van der Waals surface area contributed by atoms with Crippen molar-refractivity contribution in [2.24, 2.45) is 0 Å². The number of ether oxygens (including phenoxy) is 1. The molecule has 0 unspecified atom stereocenters. The second-order valence-corrected chi connectivity index (χ2v) is 7.65. The number of hydrogen-bond donors (Lipinski definition) is 0. The van der Waals surface area contributed by atoms with Gasteiger partial charge >= 0.3 is 0 Å². The Morgan fingerprint density at radius 2 is 1.86 bits per heavy atom. The lowest BCUT2D eigenvalue weighted by Crippen LogP contribution is -2.37. The summed E-state index contributed by atoms with van der Waals surface area (Å²) >= 11 is 1.50. The molecule has 2 aromatic heterocycles. The van der Waals surface area contributed by atoms with E-state index >= 15 is 0 Å². The van der Waals surface area contributed by atoms with Gasteiger partial charge in [0.15, 0.2) is 5.16 Å². The zero-order valence-electron chi connectivity index (χ0n) is 16.4. The van der Waals surface area contributed by atoms with Crippen molar-refractivity contribution in [2.45, 2.75) is 18.1 Å². The number of aryl methyl sites for hydroxylation is 1. The molecule has 6 nitrogen and oxygen atoms in total. The van der Waals surface area contributed by atoms with Crippen LogP contribution in [0.1, 0.15) is 6.42 Å². The van der Waals surface area contributed by atoms with Crippen molar-refractivity contribution in [3.05, 3.63) is 48.7 Å². The summed E-state index contributed by atoms with van der Waals surface area (Å²) in [5.74, 6) is -0.250. The molecule has 8 heteroatoms. The van der Waals surface area contributed by atoms with E-state index in [0.717, 1.165) is 68.5 Å². The molecule has 3 heterocycles. The van der Waals surface area contributed by atoms with E-state index in [9.17, 15) is 4.39 Å². The number of imidazole rings is 1. The maximum absolute atomic E-state index is 13.5. The number of rotatable bonds is 7. The predicted octanol–water partition coefficient (Wildman–Crippen LogP) is 3.59. The fraction of sp³-hybridized carbons (Fsp3) is 0.381. The van der Waals surface area contributed by atoms with E-state index < -0.39 is 0 Å². The molecule has 0 bridgehead atoms. The molecule has 0 radical (unpaired) electrons. The van der Waals surface area contributed by atoms with E-state index in [1.54, 1.807) is 18.3 Å². The molecule has 1 fully saturated rings. The fourth-order valence-electron chi connectivity index (χ4n) is 3.51. The molecule has 3 aromatic rings. The van der Waals surface area contributed by atoms with Gasteiger partial charge in [0.05, 0.1) is 30.9 Å². The van der Waals surface area contributed by atoms with Crippen LogP contribution in [0.2, 0.25) is 0 Å². The van der Waals surface area contributed by atoms with E-state index in [1.165, 1.54) is 23.9 Å². The van der Waals surface area contributed by atoms with E-state index in [0.29, 0.717) is 5.16 Å². The average molecular weight is 414 g/mol. The Hall–Kier alpha value is -2.29. The van der Waals surface area contributed by atoms with Crippen LogP contribution in [-0.2, 0) is 11.3 Å². The van der Waals surface area contributed by atoms with E-state index in [1.807, 2.05) is 18.6 Å². The lowest BCUT2D eigenvalue weighted by molar-refractivity contribution is 0.0369. The van der Waals surface area contributed by atoms with Crippen molar-refractivity contribution in [1.82, 2.24) is 24.4 Å². The van der Waals surface area contributed by atoms with Crippen LogP contribution in [0.15, 0.2) is 48.0 Å². The lowest BCUT2D eigenvalue weighted by Gasteiger charge is -2.26. The van der Waals surface area contributed by atoms with Crippen molar-refractivity contribution < 1.29 is 9.13 Å². The summed E-state index contributed by atoms with van der Waals surface area (Å²) in [4.78, 5) is 16.0. The van der Waals surface area contributed by atoms with Crippen LogP contribution >= 0.6 is 11.8 Å². The van der Waals surface area contributed by atoms with Crippen LogP contribution in [0.5, 0.6) is 0 Å². The topological polar surface area (TPSA) is 56.1 Å². The first kappa shape index (κ1) is 20.0. The predicted molar refractivity (Wildman–Crippen MR) is 112 cm³/mol. The average Bonchev–Trinajstić information content (AvgIpc) is 3.19. The third-order valence-corrected chi connectivity index (χ3v) is 5.55. The van der Waals surface area contributed by atoms with Gasteiger partial charge in [-0.2, -0.15) is 0 Å². The lowest BCUT2D eigenvalue weighted by atomic mass is 10.1. The van der Waals surface area contributed by atoms with Crippen LogP contribution in [0.4, 0.5) is 4.39 Å². The molecule has 0 spiro atoms. The molecule has 29 heavy (non-hydrogen) atoms. The zero-order chi connectivity index (χ0) is 20.1. The highest BCUT2D eigenvalue weighted by Gasteiger charge is 2.17. The highest BCUT2D eigenvalue weighted by molar-refractivity contribution is 7.98. The third-order valence-electron chi connectivity index (χ3n) is 4.99. The molecule has 0 aliphatic carbocycles. The molecular weight excluding hydrogens is 389 g/mol. The fourth-order valence-corrected chi connectivity index (χ4v) is 3.87. The summed E-state index contributed by atoms with van der Waals surface area (Å²) in [5, 5.41) is 0.703.